The van der Waals surface area contributed by atoms with Crippen LogP contribution in [0.2, 0.25) is 0 Å². The molecule has 0 radical (unpaired) electrons. The molecule has 9 nitrogen and oxygen atoms in total. The van der Waals surface area contributed by atoms with Crippen LogP contribution in [0.4, 0.5) is 10.1 Å². The van der Waals surface area contributed by atoms with Crippen LogP contribution < -0.4 is 11.1 Å². The summed E-state index contributed by atoms with van der Waals surface area (Å²) in [5.41, 5.74) is 9.18. The normalized spacial score (nSPS) is 13.9. The SMILES string of the molecule is C=CC(=O)N1CCC(c2nccn3c(C(N)=O)c(-c4ccc(NC(=O)c5ccc(F)cc5)cc4)nc23)CC1. The van der Waals surface area contributed by atoms with Gasteiger partial charge in [-0.05, 0) is 55.3 Å². The topological polar surface area (TPSA) is 123 Å². The fraction of sp³-hybridized carbons (Fsp3) is 0.179. The van der Waals surface area contributed by atoms with Crippen molar-refractivity contribution < 1.29 is 18.8 Å². The Labute approximate surface area is 217 Å². The van der Waals surface area contributed by atoms with E-state index in [2.05, 4.69) is 16.9 Å². The van der Waals surface area contributed by atoms with E-state index < -0.39 is 11.7 Å². The number of primary amides is 1. The van der Waals surface area contributed by atoms with Crippen LogP contribution >= 0.6 is 0 Å². The quantitative estimate of drug-likeness (QED) is 0.381. The first-order valence-corrected chi connectivity index (χ1v) is 12.1. The average molecular weight is 513 g/mol. The summed E-state index contributed by atoms with van der Waals surface area (Å²) in [6, 6.07) is 12.1. The van der Waals surface area contributed by atoms with Gasteiger partial charge in [0.1, 0.15) is 17.2 Å². The van der Waals surface area contributed by atoms with Crippen molar-refractivity contribution in [2.75, 3.05) is 18.4 Å². The van der Waals surface area contributed by atoms with Crippen LogP contribution in [0.1, 0.15) is 45.3 Å². The molecule has 0 bridgehead atoms. The highest BCUT2D eigenvalue weighted by Gasteiger charge is 2.28. The molecule has 0 saturated carbocycles. The van der Waals surface area contributed by atoms with Gasteiger partial charge < -0.3 is 16.0 Å². The Bertz CT molecular complexity index is 1540. The number of imidazole rings is 1. The molecule has 3 heterocycles. The number of nitrogens with zero attached hydrogens (tertiary/aromatic N) is 4. The van der Waals surface area contributed by atoms with Gasteiger partial charge >= 0.3 is 0 Å². The van der Waals surface area contributed by atoms with Gasteiger partial charge in [-0.25, -0.2) is 9.37 Å². The van der Waals surface area contributed by atoms with Crippen molar-refractivity contribution in [3.05, 3.63) is 96.3 Å². The van der Waals surface area contributed by atoms with E-state index in [0.29, 0.717) is 54.1 Å². The van der Waals surface area contributed by atoms with Crippen molar-refractivity contribution in [3.63, 3.8) is 0 Å². The monoisotopic (exact) mass is 512 g/mol. The van der Waals surface area contributed by atoms with Gasteiger partial charge in [-0.3, -0.25) is 23.8 Å². The highest BCUT2D eigenvalue weighted by molar-refractivity contribution is 6.04. The molecule has 5 rings (SSSR count). The predicted octanol–water partition coefficient (Wildman–Crippen LogP) is 3.78. The third kappa shape index (κ3) is 4.75. The molecular weight excluding hydrogens is 487 g/mol. The number of halogens is 1. The van der Waals surface area contributed by atoms with Gasteiger partial charge in [-0.2, -0.15) is 0 Å². The Morgan fingerprint density at radius 3 is 2.37 bits per heavy atom. The number of likely N-dealkylation sites (tertiary alicyclic amines) is 1. The fourth-order valence-electron chi connectivity index (χ4n) is 4.74. The minimum atomic E-state index is -0.635. The van der Waals surface area contributed by atoms with Gasteiger partial charge in [0, 0.05) is 48.2 Å². The van der Waals surface area contributed by atoms with Crippen LogP contribution in [0.15, 0.2) is 73.6 Å². The van der Waals surface area contributed by atoms with E-state index in [4.69, 9.17) is 10.7 Å². The lowest BCUT2D eigenvalue weighted by molar-refractivity contribution is -0.127. The lowest BCUT2D eigenvalue weighted by Crippen LogP contribution is -2.37. The summed E-state index contributed by atoms with van der Waals surface area (Å²) >= 11 is 0. The predicted molar refractivity (Wildman–Crippen MR) is 140 cm³/mol. The number of benzene rings is 2. The molecule has 2 aromatic heterocycles. The van der Waals surface area contributed by atoms with Crippen molar-refractivity contribution in [2.24, 2.45) is 5.73 Å². The molecule has 1 aliphatic heterocycles. The Balaban J connectivity index is 1.43. The first-order chi connectivity index (χ1) is 18.4. The first-order valence-electron chi connectivity index (χ1n) is 12.1. The van der Waals surface area contributed by atoms with Crippen molar-refractivity contribution in [1.29, 1.82) is 0 Å². The molecule has 192 valence electrons. The Morgan fingerprint density at radius 1 is 1.05 bits per heavy atom. The van der Waals surface area contributed by atoms with Gasteiger partial charge in [0.05, 0.1) is 5.69 Å². The highest BCUT2D eigenvalue weighted by Crippen LogP contribution is 2.32. The molecule has 38 heavy (non-hydrogen) atoms. The molecule has 10 heteroatoms. The molecule has 3 amide bonds. The van der Waals surface area contributed by atoms with E-state index in [1.54, 1.807) is 46.0 Å². The van der Waals surface area contributed by atoms with Gasteiger partial charge in [0.25, 0.3) is 11.8 Å². The maximum Gasteiger partial charge on any atom is 0.268 e. The number of hydrogen-bond acceptors (Lipinski definition) is 5. The molecule has 1 saturated heterocycles. The number of carbonyl (C=O) groups excluding carboxylic acids is 3. The third-order valence-corrected chi connectivity index (χ3v) is 6.69. The molecule has 0 unspecified atom stereocenters. The standard InChI is InChI=1S/C28H25FN6O3/c1-2-22(36)34-14-11-18(12-15-34)24-27-33-23(25(26(30)37)35(27)16-13-31-24)17-5-9-21(10-6-17)32-28(38)19-3-7-20(29)8-4-19/h2-10,13,16,18H,1,11-12,14-15H2,(H2,30,37)(H,32,38). The summed E-state index contributed by atoms with van der Waals surface area (Å²) in [5, 5.41) is 2.77. The van der Waals surface area contributed by atoms with Gasteiger partial charge in [0.15, 0.2) is 5.65 Å². The van der Waals surface area contributed by atoms with Crippen molar-refractivity contribution in [3.8, 4) is 11.3 Å². The maximum absolute atomic E-state index is 13.1. The highest BCUT2D eigenvalue weighted by atomic mass is 19.1. The van der Waals surface area contributed by atoms with E-state index in [9.17, 15) is 18.8 Å². The minimum absolute atomic E-state index is 0.0626. The molecule has 4 aromatic rings. The van der Waals surface area contributed by atoms with Crippen LogP contribution in [0.3, 0.4) is 0 Å². The zero-order valence-electron chi connectivity index (χ0n) is 20.4. The number of aromatic nitrogens is 3. The summed E-state index contributed by atoms with van der Waals surface area (Å²) < 4.78 is 14.8. The Morgan fingerprint density at radius 2 is 1.74 bits per heavy atom. The van der Waals surface area contributed by atoms with Gasteiger partial charge in [-0.15, -0.1) is 0 Å². The van der Waals surface area contributed by atoms with Crippen molar-refractivity contribution in [1.82, 2.24) is 19.3 Å². The number of fused-ring (bicyclic) bond motifs is 1. The molecule has 1 fully saturated rings. The smallest absolute Gasteiger partial charge is 0.268 e. The number of piperidine rings is 1. The number of rotatable bonds is 6. The molecule has 3 N–H and O–H groups in total. The average Bonchev–Trinajstić information content (AvgIpc) is 3.33. The lowest BCUT2D eigenvalue weighted by Gasteiger charge is -2.31. The molecule has 0 aliphatic carbocycles. The Kier molecular flexibility index (Phi) is 6.69. The lowest BCUT2D eigenvalue weighted by atomic mass is 9.93. The zero-order chi connectivity index (χ0) is 26.8. The van der Waals surface area contributed by atoms with Crippen molar-refractivity contribution >= 4 is 29.1 Å². The zero-order valence-corrected chi connectivity index (χ0v) is 20.4. The van der Waals surface area contributed by atoms with Crippen molar-refractivity contribution in [2.45, 2.75) is 18.8 Å². The van der Waals surface area contributed by atoms with E-state index in [0.717, 1.165) is 5.69 Å². The molecule has 0 spiro atoms. The van der Waals surface area contributed by atoms with E-state index >= 15 is 0 Å². The number of carbonyl (C=O) groups is 3. The summed E-state index contributed by atoms with van der Waals surface area (Å²) in [4.78, 5) is 48.0. The molecule has 0 atom stereocenters. The van der Waals surface area contributed by atoms with Crippen LogP contribution in [-0.4, -0.2) is 50.1 Å². The largest absolute Gasteiger partial charge is 0.364 e. The van der Waals surface area contributed by atoms with Gasteiger partial charge in [0.2, 0.25) is 5.91 Å². The van der Waals surface area contributed by atoms with E-state index in [-0.39, 0.29) is 23.4 Å². The van der Waals surface area contributed by atoms with Crippen LogP contribution in [0, 0.1) is 5.82 Å². The molecule has 2 aromatic carbocycles. The number of hydrogen-bond donors (Lipinski definition) is 2. The van der Waals surface area contributed by atoms with Crippen LogP contribution in [-0.2, 0) is 4.79 Å². The summed E-state index contributed by atoms with van der Waals surface area (Å²) in [6.07, 6.45) is 6.02. The summed E-state index contributed by atoms with van der Waals surface area (Å²) in [5.74, 6) is -1.46. The maximum atomic E-state index is 13.1. The van der Waals surface area contributed by atoms with Crippen LogP contribution in [0.5, 0.6) is 0 Å². The number of anilines is 1. The molecular formula is C28H25FN6O3. The number of nitrogens with two attached hydrogens (primary N) is 1. The Hall–Kier alpha value is -4.86. The second-order valence-corrected chi connectivity index (χ2v) is 9.02. The van der Waals surface area contributed by atoms with Crippen LogP contribution in [0.25, 0.3) is 16.9 Å². The molecule has 1 aliphatic rings. The summed E-state index contributed by atoms with van der Waals surface area (Å²) in [7, 11) is 0. The second-order valence-electron chi connectivity index (χ2n) is 9.02. The first kappa shape index (κ1) is 24.8. The minimum Gasteiger partial charge on any atom is -0.364 e. The second kappa shape index (κ2) is 10.3. The number of nitrogens with one attached hydrogen (secondary N) is 1. The van der Waals surface area contributed by atoms with Gasteiger partial charge in [-0.1, -0.05) is 18.7 Å². The van der Waals surface area contributed by atoms with E-state index in [1.165, 1.54) is 30.3 Å². The van der Waals surface area contributed by atoms with E-state index in [1.807, 2.05) is 0 Å². The number of amides is 3. The summed E-state index contributed by atoms with van der Waals surface area (Å²) in [6.45, 7) is 4.72. The fourth-order valence-corrected chi connectivity index (χ4v) is 4.74. The third-order valence-electron chi connectivity index (χ3n) is 6.69.